The van der Waals surface area contributed by atoms with Crippen LogP contribution in [0, 0.1) is 0 Å². The molecule has 168 valence electrons. The third-order valence-electron chi connectivity index (χ3n) is 4.48. The smallest absolute Gasteiger partial charge is 0.327 e. The van der Waals surface area contributed by atoms with E-state index in [0.29, 0.717) is 24.5 Å². The van der Waals surface area contributed by atoms with E-state index < -0.39 is 49.1 Å². The molecule has 0 saturated carbocycles. The number of thioether (sulfide) groups is 1. The van der Waals surface area contributed by atoms with Crippen LogP contribution in [0.3, 0.4) is 0 Å². The van der Waals surface area contributed by atoms with E-state index in [-0.39, 0.29) is 18.4 Å². The van der Waals surface area contributed by atoms with Crippen LogP contribution < -0.4 is 10.6 Å². The molecule has 2 amide bonds. The molecule has 13 heteroatoms. The molecule has 2 heterocycles. The summed E-state index contributed by atoms with van der Waals surface area (Å²) in [6.07, 6.45) is -4.84. The molecule has 0 aliphatic carbocycles. The third-order valence-corrected chi connectivity index (χ3v) is 5.49. The van der Waals surface area contributed by atoms with Crippen LogP contribution in [0.25, 0.3) is 0 Å². The molecule has 8 N–H and O–H groups in total. The quantitative estimate of drug-likeness (QED) is 0.183. The number of carbonyl (C=O) groups is 3. The fourth-order valence-corrected chi connectivity index (χ4v) is 3.91. The van der Waals surface area contributed by atoms with E-state index in [1.807, 2.05) is 0 Å². The lowest BCUT2D eigenvalue weighted by Crippen LogP contribution is -2.49. The number of aliphatic hydroxyl groups is 5. The Morgan fingerprint density at radius 1 is 1.24 bits per heavy atom. The number of nitrogens with one attached hydrogen (secondary N) is 2. The highest BCUT2D eigenvalue weighted by Gasteiger charge is 2.39. The Kier molecular flexibility index (Phi) is 10.8. The van der Waals surface area contributed by atoms with Crippen LogP contribution in [0.5, 0.6) is 0 Å². The SMILES string of the molecule is CNC[C@H](O)[C@@H](O)[C@H](O)[C@H](O)CO.O=C1CC[C@@H](C(=O)N2CSC[C@H]2C(=O)O)N1. The lowest BCUT2D eigenvalue weighted by molar-refractivity contribution is -0.148. The molecule has 12 nitrogen and oxygen atoms in total. The molecule has 2 aliphatic heterocycles. The molecule has 2 rings (SSSR count). The Morgan fingerprint density at radius 2 is 1.86 bits per heavy atom. The minimum absolute atomic E-state index is 0.0936. The maximum Gasteiger partial charge on any atom is 0.327 e. The van der Waals surface area contributed by atoms with Gasteiger partial charge in [0.25, 0.3) is 0 Å². The van der Waals surface area contributed by atoms with Gasteiger partial charge in [0.05, 0.1) is 18.6 Å². The number of hydrogen-bond acceptors (Lipinski definition) is 10. The minimum atomic E-state index is -1.55. The van der Waals surface area contributed by atoms with Crippen LogP contribution >= 0.6 is 11.8 Å². The van der Waals surface area contributed by atoms with Crippen LogP contribution in [0.15, 0.2) is 0 Å². The maximum atomic E-state index is 11.9. The van der Waals surface area contributed by atoms with Gasteiger partial charge in [-0.1, -0.05) is 0 Å². The number of carboxylic acid groups (broad SMARTS) is 1. The lowest BCUT2D eigenvalue weighted by atomic mass is 10.0. The summed E-state index contributed by atoms with van der Waals surface area (Å²) in [7, 11) is 1.57. The van der Waals surface area contributed by atoms with Gasteiger partial charge >= 0.3 is 5.97 Å². The summed E-state index contributed by atoms with van der Waals surface area (Å²) in [5, 5.41) is 59.0. The Hall–Kier alpha value is -1.48. The third kappa shape index (κ3) is 7.37. The average molecular weight is 439 g/mol. The van der Waals surface area contributed by atoms with Crippen molar-refractivity contribution in [1.29, 1.82) is 0 Å². The van der Waals surface area contributed by atoms with E-state index >= 15 is 0 Å². The van der Waals surface area contributed by atoms with Crippen LogP contribution in [0.1, 0.15) is 12.8 Å². The van der Waals surface area contributed by atoms with Crippen LogP contribution in [0.4, 0.5) is 0 Å². The minimum Gasteiger partial charge on any atom is -0.480 e. The lowest BCUT2D eigenvalue weighted by Gasteiger charge is -2.25. The molecule has 0 aromatic heterocycles. The summed E-state index contributed by atoms with van der Waals surface area (Å²) in [6.45, 7) is -0.569. The zero-order valence-corrected chi connectivity index (χ0v) is 16.8. The predicted octanol–water partition coefficient (Wildman–Crippen LogP) is -4.11. The first-order valence-electron chi connectivity index (χ1n) is 9.02. The van der Waals surface area contributed by atoms with Crippen molar-refractivity contribution in [2.75, 3.05) is 31.8 Å². The first kappa shape index (κ1) is 25.6. The highest BCUT2D eigenvalue weighted by atomic mass is 32.2. The van der Waals surface area contributed by atoms with Crippen molar-refractivity contribution in [3.8, 4) is 0 Å². The van der Waals surface area contributed by atoms with Crippen molar-refractivity contribution in [3.63, 3.8) is 0 Å². The van der Waals surface area contributed by atoms with Crippen molar-refractivity contribution in [2.24, 2.45) is 0 Å². The molecule has 0 bridgehead atoms. The summed E-state index contributed by atoms with van der Waals surface area (Å²) in [5.41, 5.74) is 0. The Labute approximate surface area is 171 Å². The van der Waals surface area contributed by atoms with Gasteiger partial charge in [0, 0.05) is 18.7 Å². The zero-order valence-electron chi connectivity index (χ0n) is 16.0. The number of nitrogens with zero attached hydrogens (tertiary/aromatic N) is 1. The van der Waals surface area contributed by atoms with E-state index in [2.05, 4.69) is 10.6 Å². The normalized spacial score (nSPS) is 25.4. The fourth-order valence-electron chi connectivity index (χ4n) is 2.76. The van der Waals surface area contributed by atoms with Gasteiger partial charge in [-0.3, -0.25) is 9.59 Å². The van der Waals surface area contributed by atoms with Gasteiger partial charge in [0.15, 0.2) is 0 Å². The number of rotatable bonds is 8. The summed E-state index contributed by atoms with van der Waals surface area (Å²) in [4.78, 5) is 35.2. The first-order chi connectivity index (χ1) is 13.6. The standard InChI is InChI=1S/C9H12N2O4S.C7H17NO5/c12-7-2-1-5(10-7)8(13)11-4-16-3-6(11)9(14)15;1-8-2-4(10)6(12)7(13)5(11)3-9/h5-6H,1-4H2,(H,10,12)(H,14,15);4-13H,2-3H2,1H3/t5-,6-;4-,5+,6+,7+/m00/s1. The predicted molar refractivity (Wildman–Crippen MR) is 102 cm³/mol. The van der Waals surface area contributed by atoms with E-state index in [0.717, 1.165) is 0 Å². The van der Waals surface area contributed by atoms with Crippen LogP contribution in [-0.2, 0) is 14.4 Å². The van der Waals surface area contributed by atoms with Gasteiger partial charge in [-0.25, -0.2) is 4.79 Å². The van der Waals surface area contributed by atoms with Crippen LogP contribution in [-0.4, -0.2) is 122 Å². The van der Waals surface area contributed by atoms with Gasteiger partial charge in [-0.05, 0) is 13.5 Å². The molecular weight excluding hydrogens is 410 g/mol. The van der Waals surface area contributed by atoms with Crippen molar-refractivity contribution in [1.82, 2.24) is 15.5 Å². The molecule has 0 radical (unpaired) electrons. The molecule has 0 aromatic carbocycles. The number of hydrogen-bond donors (Lipinski definition) is 8. The average Bonchev–Trinajstić information content (AvgIpc) is 3.35. The van der Waals surface area contributed by atoms with Gasteiger partial charge in [-0.2, -0.15) is 0 Å². The number of carboxylic acids is 1. The maximum absolute atomic E-state index is 11.9. The Balaban J connectivity index is 0.000000298. The number of amides is 2. The number of carbonyl (C=O) groups excluding carboxylic acids is 2. The summed E-state index contributed by atoms with van der Waals surface area (Å²) in [5.74, 6) is -0.591. The first-order valence-corrected chi connectivity index (χ1v) is 10.2. The van der Waals surface area contributed by atoms with E-state index in [9.17, 15) is 19.5 Å². The second kappa shape index (κ2) is 12.3. The Morgan fingerprint density at radius 3 is 2.34 bits per heavy atom. The van der Waals surface area contributed by atoms with Crippen molar-refractivity contribution in [3.05, 3.63) is 0 Å². The van der Waals surface area contributed by atoms with Gasteiger partial charge < -0.3 is 46.2 Å². The monoisotopic (exact) mass is 439 g/mol. The molecule has 2 fully saturated rings. The molecule has 0 aromatic rings. The molecular formula is C16H29N3O9S. The second-order valence-corrected chi connectivity index (χ2v) is 7.68. The topological polar surface area (TPSA) is 200 Å². The molecule has 0 spiro atoms. The Bertz CT molecular complexity index is 568. The number of aliphatic hydroxyl groups excluding tert-OH is 5. The fraction of sp³-hybridized carbons (Fsp3) is 0.812. The van der Waals surface area contributed by atoms with Crippen molar-refractivity contribution in [2.45, 2.75) is 49.3 Å². The zero-order chi connectivity index (χ0) is 22.1. The van der Waals surface area contributed by atoms with E-state index in [4.69, 9.17) is 25.5 Å². The van der Waals surface area contributed by atoms with Gasteiger partial charge in [0.1, 0.15) is 30.4 Å². The van der Waals surface area contributed by atoms with Crippen LogP contribution in [0.2, 0.25) is 0 Å². The van der Waals surface area contributed by atoms with E-state index in [1.54, 1.807) is 7.05 Å². The summed E-state index contributed by atoms with van der Waals surface area (Å²) >= 11 is 1.42. The second-order valence-electron chi connectivity index (χ2n) is 6.68. The number of likely N-dealkylation sites (N-methyl/N-ethyl adjacent to an activating group) is 1. The largest absolute Gasteiger partial charge is 0.480 e. The van der Waals surface area contributed by atoms with Gasteiger partial charge in [-0.15, -0.1) is 11.8 Å². The van der Waals surface area contributed by atoms with Crippen molar-refractivity contribution >= 4 is 29.5 Å². The molecule has 29 heavy (non-hydrogen) atoms. The van der Waals surface area contributed by atoms with Gasteiger partial charge in [0.2, 0.25) is 11.8 Å². The highest BCUT2D eigenvalue weighted by molar-refractivity contribution is 7.99. The highest BCUT2D eigenvalue weighted by Crippen LogP contribution is 2.23. The van der Waals surface area contributed by atoms with E-state index in [1.165, 1.54) is 16.7 Å². The summed E-state index contributed by atoms with van der Waals surface area (Å²) < 4.78 is 0. The summed E-state index contributed by atoms with van der Waals surface area (Å²) in [6, 6.07) is -1.29. The molecule has 0 unspecified atom stereocenters. The van der Waals surface area contributed by atoms with Crippen molar-refractivity contribution < 1.29 is 45.0 Å². The molecule has 6 atom stereocenters. The molecule has 2 aliphatic rings. The molecule has 2 saturated heterocycles. The number of aliphatic carboxylic acids is 1.